The van der Waals surface area contributed by atoms with Crippen molar-refractivity contribution < 1.29 is 9.84 Å². The standard InChI is InChI=1S/C10H12N4O2/c15-8-2-1-4-14-9(12-13-10(8)14)7-6-16-5-3-11-7/h1-2,4,7,11,15H,3,5-6H2. The summed E-state index contributed by atoms with van der Waals surface area (Å²) < 4.78 is 7.16. The van der Waals surface area contributed by atoms with E-state index in [9.17, 15) is 5.11 Å². The summed E-state index contributed by atoms with van der Waals surface area (Å²) in [4.78, 5) is 0. The van der Waals surface area contributed by atoms with E-state index >= 15 is 0 Å². The Balaban J connectivity index is 2.06. The fourth-order valence-corrected chi connectivity index (χ4v) is 1.89. The van der Waals surface area contributed by atoms with Crippen molar-refractivity contribution in [3.8, 4) is 5.75 Å². The first-order valence-electron chi connectivity index (χ1n) is 5.20. The highest BCUT2D eigenvalue weighted by Crippen LogP contribution is 2.20. The molecule has 1 fully saturated rings. The number of pyridine rings is 1. The zero-order valence-electron chi connectivity index (χ0n) is 8.63. The Morgan fingerprint density at radius 1 is 1.50 bits per heavy atom. The molecule has 0 spiro atoms. The molecule has 6 heteroatoms. The van der Waals surface area contributed by atoms with Gasteiger partial charge in [-0.1, -0.05) is 0 Å². The van der Waals surface area contributed by atoms with Gasteiger partial charge in [-0.15, -0.1) is 10.2 Å². The number of nitrogens with one attached hydrogen (secondary N) is 1. The van der Waals surface area contributed by atoms with Crippen molar-refractivity contribution in [2.24, 2.45) is 0 Å². The summed E-state index contributed by atoms with van der Waals surface area (Å²) in [6.45, 7) is 2.10. The minimum absolute atomic E-state index is 0.0329. The van der Waals surface area contributed by atoms with Crippen molar-refractivity contribution in [2.45, 2.75) is 6.04 Å². The van der Waals surface area contributed by atoms with Crippen molar-refractivity contribution in [1.82, 2.24) is 19.9 Å². The number of hydrogen-bond acceptors (Lipinski definition) is 5. The van der Waals surface area contributed by atoms with Crippen LogP contribution in [-0.4, -0.2) is 39.5 Å². The number of aromatic nitrogens is 3. The van der Waals surface area contributed by atoms with Gasteiger partial charge in [-0.05, 0) is 12.1 Å². The van der Waals surface area contributed by atoms with Gasteiger partial charge in [-0.2, -0.15) is 0 Å². The van der Waals surface area contributed by atoms with Gasteiger partial charge in [0.25, 0.3) is 0 Å². The maximum Gasteiger partial charge on any atom is 0.203 e. The van der Waals surface area contributed by atoms with E-state index in [0.717, 1.165) is 19.0 Å². The molecular formula is C10H12N4O2. The van der Waals surface area contributed by atoms with Crippen molar-refractivity contribution in [3.05, 3.63) is 24.2 Å². The van der Waals surface area contributed by atoms with Gasteiger partial charge in [0.1, 0.15) is 0 Å². The van der Waals surface area contributed by atoms with Crippen LogP contribution in [0.3, 0.4) is 0 Å². The lowest BCUT2D eigenvalue weighted by Crippen LogP contribution is -2.35. The first kappa shape index (κ1) is 9.56. The van der Waals surface area contributed by atoms with Crippen molar-refractivity contribution >= 4 is 5.65 Å². The second-order valence-electron chi connectivity index (χ2n) is 3.73. The summed E-state index contributed by atoms with van der Waals surface area (Å²) in [5, 5.41) is 21.0. The van der Waals surface area contributed by atoms with Crippen LogP contribution in [0.5, 0.6) is 5.75 Å². The topological polar surface area (TPSA) is 71.7 Å². The molecule has 0 amide bonds. The first-order chi connectivity index (χ1) is 7.86. The van der Waals surface area contributed by atoms with E-state index in [4.69, 9.17) is 4.74 Å². The van der Waals surface area contributed by atoms with Crippen LogP contribution in [0, 0.1) is 0 Å². The van der Waals surface area contributed by atoms with Gasteiger partial charge in [-0.25, -0.2) is 0 Å². The van der Waals surface area contributed by atoms with E-state index in [1.165, 1.54) is 0 Å². The van der Waals surface area contributed by atoms with Gasteiger partial charge in [0.2, 0.25) is 5.65 Å². The van der Waals surface area contributed by atoms with Crippen LogP contribution in [0.25, 0.3) is 5.65 Å². The van der Waals surface area contributed by atoms with Crippen LogP contribution < -0.4 is 5.32 Å². The molecule has 0 saturated carbocycles. The minimum atomic E-state index is 0.0329. The average molecular weight is 220 g/mol. The molecular weight excluding hydrogens is 208 g/mol. The fourth-order valence-electron chi connectivity index (χ4n) is 1.89. The summed E-state index contributed by atoms with van der Waals surface area (Å²) in [6.07, 6.45) is 1.83. The first-order valence-corrected chi connectivity index (χ1v) is 5.20. The molecule has 16 heavy (non-hydrogen) atoms. The molecule has 2 aromatic heterocycles. The smallest absolute Gasteiger partial charge is 0.203 e. The van der Waals surface area contributed by atoms with Crippen LogP contribution in [-0.2, 0) is 4.74 Å². The van der Waals surface area contributed by atoms with Crippen LogP contribution >= 0.6 is 0 Å². The van der Waals surface area contributed by atoms with E-state index in [1.807, 2.05) is 6.20 Å². The molecule has 3 rings (SSSR count). The number of ether oxygens (including phenoxy) is 1. The minimum Gasteiger partial charge on any atom is -0.504 e. The van der Waals surface area contributed by atoms with E-state index in [1.54, 1.807) is 16.5 Å². The van der Waals surface area contributed by atoms with E-state index in [0.29, 0.717) is 12.3 Å². The lowest BCUT2D eigenvalue weighted by molar-refractivity contribution is 0.0739. The van der Waals surface area contributed by atoms with Crippen molar-refractivity contribution in [1.29, 1.82) is 0 Å². The number of nitrogens with zero attached hydrogens (tertiary/aromatic N) is 3. The van der Waals surface area contributed by atoms with Gasteiger partial charge in [0, 0.05) is 12.7 Å². The SMILES string of the molecule is Oc1cccn2c(C3COCCN3)nnc12. The van der Waals surface area contributed by atoms with Crippen LogP contribution in [0.1, 0.15) is 11.9 Å². The number of hydrogen-bond donors (Lipinski definition) is 2. The van der Waals surface area contributed by atoms with Gasteiger partial charge in [-0.3, -0.25) is 4.40 Å². The molecule has 0 radical (unpaired) electrons. The number of morpholine rings is 1. The Morgan fingerprint density at radius 2 is 2.44 bits per heavy atom. The maximum atomic E-state index is 9.61. The largest absolute Gasteiger partial charge is 0.504 e. The molecule has 3 heterocycles. The normalized spacial score (nSPS) is 21.4. The molecule has 6 nitrogen and oxygen atoms in total. The number of aromatic hydroxyl groups is 1. The van der Waals surface area contributed by atoms with Crippen LogP contribution in [0.15, 0.2) is 18.3 Å². The summed E-state index contributed by atoms with van der Waals surface area (Å²) in [6, 6.07) is 3.39. The molecule has 1 aliphatic heterocycles. The highest BCUT2D eigenvalue weighted by atomic mass is 16.5. The molecule has 1 aliphatic rings. The van der Waals surface area contributed by atoms with Gasteiger partial charge in [0.15, 0.2) is 11.6 Å². The summed E-state index contributed by atoms with van der Waals surface area (Å²) in [5.74, 6) is 0.906. The Kier molecular flexibility index (Phi) is 2.23. The lowest BCUT2D eigenvalue weighted by Gasteiger charge is -2.22. The van der Waals surface area contributed by atoms with E-state index < -0.39 is 0 Å². The molecule has 84 valence electrons. The van der Waals surface area contributed by atoms with Crippen molar-refractivity contribution in [3.63, 3.8) is 0 Å². The van der Waals surface area contributed by atoms with E-state index in [-0.39, 0.29) is 11.8 Å². The molecule has 2 aromatic rings. The quantitative estimate of drug-likeness (QED) is 0.713. The molecule has 0 aromatic carbocycles. The summed E-state index contributed by atoms with van der Waals surface area (Å²) in [5.41, 5.74) is 0.477. The maximum absolute atomic E-state index is 9.61. The third-order valence-corrected chi connectivity index (χ3v) is 2.67. The molecule has 0 bridgehead atoms. The Morgan fingerprint density at radius 3 is 3.25 bits per heavy atom. The number of fused-ring (bicyclic) bond motifs is 1. The second-order valence-corrected chi connectivity index (χ2v) is 3.73. The number of rotatable bonds is 1. The highest BCUT2D eigenvalue weighted by molar-refractivity contribution is 5.52. The molecule has 1 saturated heterocycles. The predicted molar refractivity (Wildman–Crippen MR) is 56.2 cm³/mol. The molecule has 1 unspecified atom stereocenters. The Hall–Kier alpha value is -1.66. The van der Waals surface area contributed by atoms with E-state index in [2.05, 4.69) is 15.5 Å². The second kappa shape index (κ2) is 3.73. The van der Waals surface area contributed by atoms with Crippen LogP contribution in [0.2, 0.25) is 0 Å². The zero-order chi connectivity index (χ0) is 11.0. The molecule has 0 aliphatic carbocycles. The zero-order valence-corrected chi connectivity index (χ0v) is 8.63. The Bertz CT molecular complexity index is 504. The Labute approximate surface area is 91.9 Å². The van der Waals surface area contributed by atoms with Gasteiger partial charge < -0.3 is 15.2 Å². The summed E-state index contributed by atoms with van der Waals surface area (Å²) >= 11 is 0. The van der Waals surface area contributed by atoms with Gasteiger partial charge >= 0.3 is 0 Å². The third-order valence-electron chi connectivity index (χ3n) is 2.67. The fraction of sp³-hybridized carbons (Fsp3) is 0.400. The highest BCUT2D eigenvalue weighted by Gasteiger charge is 2.21. The van der Waals surface area contributed by atoms with Crippen LogP contribution in [0.4, 0.5) is 0 Å². The monoisotopic (exact) mass is 220 g/mol. The molecule has 1 atom stereocenters. The summed E-state index contributed by atoms with van der Waals surface area (Å²) in [7, 11) is 0. The average Bonchev–Trinajstić information content (AvgIpc) is 2.75. The predicted octanol–water partition coefficient (Wildman–Crippen LogP) is 0.0958. The molecule has 2 N–H and O–H groups in total. The third kappa shape index (κ3) is 1.43. The van der Waals surface area contributed by atoms with Gasteiger partial charge in [0.05, 0.1) is 19.3 Å². The van der Waals surface area contributed by atoms with Crippen molar-refractivity contribution in [2.75, 3.05) is 19.8 Å². The lowest BCUT2D eigenvalue weighted by atomic mass is 10.2.